The second kappa shape index (κ2) is 6.32. The summed E-state index contributed by atoms with van der Waals surface area (Å²) >= 11 is 0. The number of methoxy groups -OCH3 is 1. The number of hydrogen-bond acceptors (Lipinski definition) is 5. The van der Waals surface area contributed by atoms with Crippen molar-refractivity contribution in [1.29, 1.82) is 0 Å². The monoisotopic (exact) mass is 271 g/mol. The van der Waals surface area contributed by atoms with Gasteiger partial charge in [0, 0.05) is 19.3 Å². The molecular formula is C11H14ClN3O3. The Balaban J connectivity index is 0.00000162. The third kappa shape index (κ3) is 2.96. The lowest BCUT2D eigenvalue weighted by atomic mass is 10.2. The minimum Gasteiger partial charge on any atom is -0.465 e. The number of aromatic nitrogens is 1. The first-order valence-corrected chi connectivity index (χ1v) is 5.28. The summed E-state index contributed by atoms with van der Waals surface area (Å²) in [7, 11) is 1.32. The summed E-state index contributed by atoms with van der Waals surface area (Å²) in [6.07, 6.45) is 1.41. The van der Waals surface area contributed by atoms with Gasteiger partial charge in [-0.2, -0.15) is 0 Å². The van der Waals surface area contributed by atoms with E-state index in [-0.39, 0.29) is 18.3 Å². The normalized spacial score (nSPS) is 14.9. The van der Waals surface area contributed by atoms with Crippen LogP contribution in [0.5, 0.6) is 0 Å². The molecule has 0 radical (unpaired) electrons. The molecule has 1 saturated heterocycles. The van der Waals surface area contributed by atoms with Crippen molar-refractivity contribution in [1.82, 2.24) is 10.3 Å². The van der Waals surface area contributed by atoms with Crippen LogP contribution in [-0.4, -0.2) is 43.6 Å². The summed E-state index contributed by atoms with van der Waals surface area (Å²) in [5.74, 6) is 0.106. The minimum absolute atomic E-state index is 0. The van der Waals surface area contributed by atoms with Crippen LogP contribution in [0.3, 0.4) is 0 Å². The van der Waals surface area contributed by atoms with E-state index in [1.807, 2.05) is 0 Å². The Kier molecular flexibility index (Phi) is 5.06. The molecule has 0 aliphatic carbocycles. The Hall–Kier alpha value is -1.66. The molecule has 1 aliphatic rings. The van der Waals surface area contributed by atoms with Gasteiger partial charge in [-0.3, -0.25) is 9.69 Å². The first-order valence-electron chi connectivity index (χ1n) is 5.28. The summed E-state index contributed by atoms with van der Waals surface area (Å²) in [5.41, 5.74) is 0.374. The van der Waals surface area contributed by atoms with Gasteiger partial charge in [0.2, 0.25) is 5.91 Å². The summed E-state index contributed by atoms with van der Waals surface area (Å²) in [6, 6.07) is 3.25. The molecule has 0 atom stereocenters. The molecule has 18 heavy (non-hydrogen) atoms. The van der Waals surface area contributed by atoms with Gasteiger partial charge in [0.25, 0.3) is 0 Å². The van der Waals surface area contributed by atoms with E-state index in [9.17, 15) is 9.59 Å². The van der Waals surface area contributed by atoms with E-state index in [0.717, 1.165) is 6.54 Å². The lowest BCUT2D eigenvalue weighted by molar-refractivity contribution is -0.118. The van der Waals surface area contributed by atoms with Crippen LogP contribution in [0.4, 0.5) is 5.82 Å². The van der Waals surface area contributed by atoms with Crippen molar-refractivity contribution in [3.05, 3.63) is 23.9 Å². The van der Waals surface area contributed by atoms with Crippen molar-refractivity contribution >= 4 is 30.1 Å². The van der Waals surface area contributed by atoms with Gasteiger partial charge >= 0.3 is 5.97 Å². The molecule has 0 unspecified atom stereocenters. The van der Waals surface area contributed by atoms with E-state index in [1.54, 1.807) is 17.0 Å². The number of carbonyl (C=O) groups excluding carboxylic acids is 2. The highest BCUT2D eigenvalue weighted by Crippen LogP contribution is 2.13. The van der Waals surface area contributed by atoms with E-state index < -0.39 is 5.97 Å². The Morgan fingerprint density at radius 2 is 2.28 bits per heavy atom. The Bertz CT molecular complexity index is 436. The zero-order chi connectivity index (χ0) is 12.3. The number of hydrogen-bond donors (Lipinski definition) is 1. The van der Waals surface area contributed by atoms with Crippen molar-refractivity contribution in [2.24, 2.45) is 0 Å². The van der Waals surface area contributed by atoms with E-state index in [1.165, 1.54) is 13.3 Å². The molecule has 0 bridgehead atoms. The smallest absolute Gasteiger partial charge is 0.339 e. The SMILES string of the molecule is COC(=O)c1ccc(N2CCNCC2=O)nc1.Cl. The molecule has 7 heteroatoms. The van der Waals surface area contributed by atoms with Crippen LogP contribution in [0.25, 0.3) is 0 Å². The molecule has 2 rings (SSSR count). The number of amides is 1. The highest BCUT2D eigenvalue weighted by Gasteiger charge is 2.20. The topological polar surface area (TPSA) is 71.5 Å². The third-order valence-electron chi connectivity index (χ3n) is 2.53. The average Bonchev–Trinajstić information content (AvgIpc) is 2.39. The fourth-order valence-electron chi connectivity index (χ4n) is 1.63. The van der Waals surface area contributed by atoms with Crippen LogP contribution in [0.1, 0.15) is 10.4 Å². The largest absolute Gasteiger partial charge is 0.465 e. The molecule has 0 saturated carbocycles. The Labute approximate surface area is 111 Å². The van der Waals surface area contributed by atoms with Crippen LogP contribution < -0.4 is 10.2 Å². The van der Waals surface area contributed by atoms with Crippen LogP contribution >= 0.6 is 12.4 Å². The number of carbonyl (C=O) groups is 2. The summed E-state index contributed by atoms with van der Waals surface area (Å²) in [6.45, 7) is 1.65. The van der Waals surface area contributed by atoms with Gasteiger partial charge in [-0.1, -0.05) is 0 Å². The molecular weight excluding hydrogens is 258 g/mol. The number of halogens is 1. The van der Waals surface area contributed by atoms with Crippen LogP contribution in [-0.2, 0) is 9.53 Å². The number of anilines is 1. The Morgan fingerprint density at radius 1 is 1.50 bits per heavy atom. The number of esters is 1. The standard InChI is InChI=1S/C11H13N3O3.ClH/c1-17-11(16)8-2-3-9(13-6-8)14-5-4-12-7-10(14)15;/h2-3,6,12H,4-5,7H2,1H3;1H. The fraction of sp³-hybridized carbons (Fsp3) is 0.364. The van der Waals surface area contributed by atoms with E-state index in [0.29, 0.717) is 24.5 Å². The number of nitrogens with zero attached hydrogens (tertiary/aromatic N) is 2. The molecule has 1 N–H and O–H groups in total. The molecule has 2 heterocycles. The quantitative estimate of drug-likeness (QED) is 0.780. The van der Waals surface area contributed by atoms with Crippen molar-refractivity contribution in [3.8, 4) is 0 Å². The second-order valence-corrected chi connectivity index (χ2v) is 3.62. The van der Waals surface area contributed by atoms with E-state index >= 15 is 0 Å². The molecule has 0 aromatic carbocycles. The molecule has 1 aromatic heterocycles. The minimum atomic E-state index is -0.435. The average molecular weight is 272 g/mol. The summed E-state index contributed by atoms with van der Waals surface area (Å²) in [4.78, 5) is 28.5. The van der Waals surface area contributed by atoms with Crippen LogP contribution in [0.2, 0.25) is 0 Å². The molecule has 6 nitrogen and oxygen atoms in total. The maximum atomic E-state index is 11.6. The summed E-state index contributed by atoms with van der Waals surface area (Å²) < 4.78 is 4.57. The second-order valence-electron chi connectivity index (χ2n) is 3.62. The zero-order valence-corrected chi connectivity index (χ0v) is 10.7. The maximum absolute atomic E-state index is 11.6. The first kappa shape index (κ1) is 14.4. The number of pyridine rings is 1. The molecule has 0 spiro atoms. The Morgan fingerprint density at radius 3 is 2.83 bits per heavy atom. The lowest BCUT2D eigenvalue weighted by Gasteiger charge is -2.26. The maximum Gasteiger partial charge on any atom is 0.339 e. The van der Waals surface area contributed by atoms with Gasteiger partial charge in [0.1, 0.15) is 5.82 Å². The highest BCUT2D eigenvalue weighted by atomic mass is 35.5. The number of ether oxygens (including phenoxy) is 1. The lowest BCUT2D eigenvalue weighted by Crippen LogP contribution is -2.48. The zero-order valence-electron chi connectivity index (χ0n) is 9.88. The number of rotatable bonds is 2. The van der Waals surface area contributed by atoms with Gasteiger partial charge in [0.05, 0.1) is 19.2 Å². The molecule has 1 aliphatic heterocycles. The van der Waals surface area contributed by atoms with Crippen molar-refractivity contribution in [2.75, 3.05) is 31.6 Å². The predicted molar refractivity (Wildman–Crippen MR) is 68.0 cm³/mol. The molecule has 1 amide bonds. The summed E-state index contributed by atoms with van der Waals surface area (Å²) in [5, 5.41) is 2.98. The number of nitrogens with one attached hydrogen (secondary N) is 1. The number of piperazine rings is 1. The van der Waals surface area contributed by atoms with E-state index in [2.05, 4.69) is 15.0 Å². The van der Waals surface area contributed by atoms with Gasteiger partial charge in [-0.15, -0.1) is 12.4 Å². The third-order valence-corrected chi connectivity index (χ3v) is 2.53. The predicted octanol–water partition coefficient (Wildman–Crippen LogP) is 0.226. The molecule has 98 valence electrons. The highest BCUT2D eigenvalue weighted by molar-refractivity contribution is 5.95. The van der Waals surface area contributed by atoms with Gasteiger partial charge < -0.3 is 10.1 Å². The van der Waals surface area contributed by atoms with Crippen LogP contribution in [0.15, 0.2) is 18.3 Å². The van der Waals surface area contributed by atoms with Gasteiger partial charge in [-0.25, -0.2) is 9.78 Å². The van der Waals surface area contributed by atoms with Crippen LogP contribution in [0, 0.1) is 0 Å². The molecule has 1 aromatic rings. The van der Waals surface area contributed by atoms with Crippen molar-refractivity contribution in [2.45, 2.75) is 0 Å². The van der Waals surface area contributed by atoms with Gasteiger partial charge in [-0.05, 0) is 12.1 Å². The van der Waals surface area contributed by atoms with E-state index in [4.69, 9.17) is 0 Å². The fourth-order valence-corrected chi connectivity index (χ4v) is 1.63. The van der Waals surface area contributed by atoms with Crippen molar-refractivity contribution < 1.29 is 14.3 Å². The van der Waals surface area contributed by atoms with Crippen molar-refractivity contribution in [3.63, 3.8) is 0 Å². The molecule has 1 fully saturated rings. The first-order chi connectivity index (χ1) is 8.22. The van der Waals surface area contributed by atoms with Gasteiger partial charge in [0.15, 0.2) is 0 Å².